The fourth-order valence-corrected chi connectivity index (χ4v) is 9.25. The standard InChI is InChI=1S/C49H29N3O/c1-2-14-31-27-32(26-25-30(31)13-1)47-36-18-5-10-22-42(36)50-48(51-47)52-43-23-11-6-17-35(43)37-28-46-41(29-44(37)52)49(40-21-9-12-24-45(40)53-46)38-19-7-3-15-33(38)34-16-4-8-20-39(34)49/h1-29H. The minimum atomic E-state index is -0.576. The van der Waals surface area contributed by atoms with Crippen molar-refractivity contribution in [3.8, 4) is 39.8 Å². The lowest BCUT2D eigenvalue weighted by Gasteiger charge is -2.39. The fourth-order valence-electron chi connectivity index (χ4n) is 9.25. The van der Waals surface area contributed by atoms with E-state index in [2.05, 4.69) is 180 Å². The second kappa shape index (κ2) is 10.5. The van der Waals surface area contributed by atoms with Crippen LogP contribution in [-0.2, 0) is 5.41 Å². The maximum absolute atomic E-state index is 6.90. The molecule has 4 heteroatoms. The van der Waals surface area contributed by atoms with Crippen molar-refractivity contribution >= 4 is 43.5 Å². The SMILES string of the molecule is c1ccc2c(c1)Oc1cc3c4ccccc4n(-c4nc(-c5ccc6ccccc6c5)c5ccccc5n4)c3cc1C21c2ccccc2-c2ccccc21. The van der Waals surface area contributed by atoms with E-state index in [4.69, 9.17) is 14.7 Å². The van der Waals surface area contributed by atoms with Crippen molar-refractivity contribution in [3.05, 3.63) is 198 Å². The summed E-state index contributed by atoms with van der Waals surface area (Å²) in [7, 11) is 0. The number of para-hydroxylation sites is 3. The smallest absolute Gasteiger partial charge is 0.235 e. The molecule has 0 amide bonds. The number of fused-ring (bicyclic) bond motifs is 14. The van der Waals surface area contributed by atoms with Crippen LogP contribution in [0.2, 0.25) is 0 Å². The van der Waals surface area contributed by atoms with E-state index in [1.165, 1.54) is 33.0 Å². The zero-order chi connectivity index (χ0) is 34.7. The lowest BCUT2D eigenvalue weighted by atomic mass is 9.66. The van der Waals surface area contributed by atoms with Crippen molar-refractivity contribution in [1.82, 2.24) is 14.5 Å². The molecule has 1 aliphatic heterocycles. The topological polar surface area (TPSA) is 39.9 Å². The van der Waals surface area contributed by atoms with E-state index in [9.17, 15) is 0 Å². The molecule has 0 fully saturated rings. The molecule has 246 valence electrons. The van der Waals surface area contributed by atoms with Gasteiger partial charge < -0.3 is 4.74 Å². The van der Waals surface area contributed by atoms with Gasteiger partial charge in [0.2, 0.25) is 5.95 Å². The van der Waals surface area contributed by atoms with Crippen LogP contribution in [0.3, 0.4) is 0 Å². The summed E-state index contributed by atoms with van der Waals surface area (Å²) in [5.41, 5.74) is 11.7. The van der Waals surface area contributed by atoms with E-state index in [-0.39, 0.29) is 0 Å². The monoisotopic (exact) mass is 675 g/mol. The van der Waals surface area contributed by atoms with Gasteiger partial charge in [-0.3, -0.25) is 4.57 Å². The molecule has 2 aromatic heterocycles. The summed E-state index contributed by atoms with van der Waals surface area (Å²) in [6, 6.07) is 62.8. The Kier molecular flexibility index (Phi) is 5.67. The van der Waals surface area contributed by atoms with Crippen molar-refractivity contribution in [1.29, 1.82) is 0 Å². The first-order chi connectivity index (χ1) is 26.3. The molecule has 0 radical (unpaired) electrons. The first kappa shape index (κ1) is 28.6. The number of rotatable bonds is 2. The minimum Gasteiger partial charge on any atom is -0.457 e. The number of benzene rings is 8. The molecule has 0 bridgehead atoms. The minimum absolute atomic E-state index is 0.576. The van der Waals surface area contributed by atoms with Gasteiger partial charge in [0.15, 0.2) is 0 Å². The number of hydrogen-bond donors (Lipinski definition) is 0. The molecule has 0 atom stereocenters. The molecule has 4 nitrogen and oxygen atoms in total. The van der Waals surface area contributed by atoms with E-state index in [0.717, 1.165) is 66.6 Å². The molecule has 1 spiro atoms. The highest BCUT2D eigenvalue weighted by molar-refractivity contribution is 6.10. The first-order valence-corrected chi connectivity index (χ1v) is 18.1. The Hall–Kier alpha value is -7.04. The molecule has 53 heavy (non-hydrogen) atoms. The Bertz CT molecular complexity index is 3130. The maximum Gasteiger partial charge on any atom is 0.235 e. The molecule has 0 saturated heterocycles. The van der Waals surface area contributed by atoms with Crippen LogP contribution in [-0.4, -0.2) is 14.5 Å². The molecular weight excluding hydrogens is 647 g/mol. The zero-order valence-electron chi connectivity index (χ0n) is 28.5. The van der Waals surface area contributed by atoms with Crippen LogP contribution in [0.15, 0.2) is 176 Å². The summed E-state index contributed by atoms with van der Waals surface area (Å²) in [6.45, 7) is 0. The normalized spacial score (nSPS) is 13.6. The summed E-state index contributed by atoms with van der Waals surface area (Å²) in [5, 5.41) is 5.62. The molecule has 0 saturated carbocycles. The van der Waals surface area contributed by atoms with E-state index < -0.39 is 5.41 Å². The predicted molar refractivity (Wildman–Crippen MR) is 214 cm³/mol. The van der Waals surface area contributed by atoms with Gasteiger partial charge in [-0.05, 0) is 69.4 Å². The van der Waals surface area contributed by atoms with Gasteiger partial charge in [-0.2, -0.15) is 0 Å². The summed E-state index contributed by atoms with van der Waals surface area (Å²) < 4.78 is 9.15. The van der Waals surface area contributed by atoms with Gasteiger partial charge in [0.1, 0.15) is 11.5 Å². The van der Waals surface area contributed by atoms with Crippen molar-refractivity contribution in [2.45, 2.75) is 5.41 Å². The second-order valence-corrected chi connectivity index (χ2v) is 14.1. The zero-order valence-corrected chi connectivity index (χ0v) is 28.5. The average Bonchev–Trinajstić information content (AvgIpc) is 3.70. The lowest BCUT2D eigenvalue weighted by molar-refractivity contribution is 0.437. The van der Waals surface area contributed by atoms with Gasteiger partial charge in [0.25, 0.3) is 0 Å². The van der Waals surface area contributed by atoms with Crippen molar-refractivity contribution in [2.24, 2.45) is 0 Å². The number of aromatic nitrogens is 3. The summed E-state index contributed by atoms with van der Waals surface area (Å²) in [4.78, 5) is 10.7. The number of hydrogen-bond acceptors (Lipinski definition) is 3. The molecule has 12 rings (SSSR count). The quantitative estimate of drug-likeness (QED) is 0.183. The second-order valence-electron chi connectivity index (χ2n) is 14.1. The average molecular weight is 676 g/mol. The maximum atomic E-state index is 6.90. The highest BCUT2D eigenvalue weighted by Crippen LogP contribution is 2.62. The predicted octanol–water partition coefficient (Wildman–Crippen LogP) is 12.0. The number of nitrogens with zero attached hydrogens (tertiary/aromatic N) is 3. The fraction of sp³-hybridized carbons (Fsp3) is 0.0204. The van der Waals surface area contributed by atoms with Crippen LogP contribution in [0.25, 0.3) is 71.8 Å². The molecule has 2 aliphatic rings. The Labute approximate surface area is 305 Å². The van der Waals surface area contributed by atoms with Crippen LogP contribution in [0.4, 0.5) is 0 Å². The largest absolute Gasteiger partial charge is 0.457 e. The number of ether oxygens (including phenoxy) is 1. The highest BCUT2D eigenvalue weighted by Gasteiger charge is 2.51. The molecule has 1 aliphatic carbocycles. The Morgan fingerprint density at radius 2 is 1.09 bits per heavy atom. The van der Waals surface area contributed by atoms with Gasteiger partial charge in [0.05, 0.1) is 27.7 Å². The van der Waals surface area contributed by atoms with Crippen LogP contribution >= 0.6 is 0 Å². The van der Waals surface area contributed by atoms with E-state index in [1.807, 2.05) is 0 Å². The van der Waals surface area contributed by atoms with Gasteiger partial charge in [0, 0.05) is 32.8 Å². The van der Waals surface area contributed by atoms with Gasteiger partial charge >= 0.3 is 0 Å². The summed E-state index contributed by atoms with van der Waals surface area (Å²) in [6.07, 6.45) is 0. The molecular formula is C49H29N3O. The van der Waals surface area contributed by atoms with E-state index in [0.29, 0.717) is 5.95 Å². The van der Waals surface area contributed by atoms with Gasteiger partial charge in [-0.25, -0.2) is 9.97 Å². The van der Waals surface area contributed by atoms with Crippen LogP contribution in [0.5, 0.6) is 11.5 Å². The van der Waals surface area contributed by atoms with E-state index in [1.54, 1.807) is 0 Å². The van der Waals surface area contributed by atoms with Crippen molar-refractivity contribution in [3.63, 3.8) is 0 Å². The Morgan fingerprint density at radius 3 is 1.92 bits per heavy atom. The van der Waals surface area contributed by atoms with Crippen LogP contribution in [0.1, 0.15) is 22.3 Å². The highest BCUT2D eigenvalue weighted by atomic mass is 16.5. The third kappa shape index (κ3) is 3.79. The van der Waals surface area contributed by atoms with Gasteiger partial charge in [-0.15, -0.1) is 0 Å². The third-order valence-corrected chi connectivity index (χ3v) is 11.5. The lowest BCUT2D eigenvalue weighted by Crippen LogP contribution is -2.32. The van der Waals surface area contributed by atoms with Crippen LogP contribution < -0.4 is 4.74 Å². The third-order valence-electron chi connectivity index (χ3n) is 11.5. The molecule has 10 aromatic rings. The molecule has 8 aromatic carbocycles. The molecule has 3 heterocycles. The van der Waals surface area contributed by atoms with Crippen molar-refractivity contribution in [2.75, 3.05) is 0 Å². The summed E-state index contributed by atoms with van der Waals surface area (Å²) >= 11 is 0. The van der Waals surface area contributed by atoms with Crippen LogP contribution in [0, 0.1) is 0 Å². The van der Waals surface area contributed by atoms with E-state index >= 15 is 0 Å². The van der Waals surface area contributed by atoms with Gasteiger partial charge in [-0.1, -0.05) is 140 Å². The van der Waals surface area contributed by atoms with Crippen molar-refractivity contribution < 1.29 is 4.74 Å². The first-order valence-electron chi connectivity index (χ1n) is 18.1. The molecule has 0 unspecified atom stereocenters. The summed E-state index contributed by atoms with van der Waals surface area (Å²) in [5.74, 6) is 2.38. The molecule has 0 N–H and O–H groups in total. The Balaban J connectivity index is 1.20. The Morgan fingerprint density at radius 1 is 0.434 bits per heavy atom.